The third-order valence-corrected chi connectivity index (χ3v) is 3.90. The Hall–Kier alpha value is -1.55. The first-order valence-corrected chi connectivity index (χ1v) is 7.01. The van der Waals surface area contributed by atoms with E-state index in [0.29, 0.717) is 17.3 Å². The fourth-order valence-electron chi connectivity index (χ4n) is 2.52. The van der Waals surface area contributed by atoms with Crippen LogP contribution in [0, 0.1) is 17.3 Å². The van der Waals surface area contributed by atoms with E-state index in [1.54, 1.807) is 24.3 Å². The minimum atomic E-state index is -0.658. The van der Waals surface area contributed by atoms with E-state index in [9.17, 15) is 9.59 Å². The number of carbonyl (C=O) groups is 2. The van der Waals surface area contributed by atoms with Crippen molar-refractivity contribution in [2.24, 2.45) is 17.3 Å². The van der Waals surface area contributed by atoms with Crippen molar-refractivity contribution < 1.29 is 9.59 Å². The maximum absolute atomic E-state index is 12.4. The number of carbonyl (C=O) groups excluding carboxylic acids is 2. The number of hydrogen-bond acceptors (Lipinski definition) is 2. The Bertz CT molecular complexity index is 537. The average molecular weight is 295 g/mol. The minimum Gasteiger partial charge on any atom is -0.355 e. The van der Waals surface area contributed by atoms with E-state index >= 15 is 0 Å². The Kier molecular flexibility index (Phi) is 4.04. The lowest BCUT2D eigenvalue weighted by atomic mass is 9.74. The molecule has 0 saturated carbocycles. The van der Waals surface area contributed by atoms with Gasteiger partial charge in [-0.1, -0.05) is 38.4 Å². The molecule has 1 heterocycles. The molecule has 2 atom stereocenters. The molecule has 0 aromatic heterocycles. The van der Waals surface area contributed by atoms with Gasteiger partial charge >= 0.3 is 0 Å². The molecule has 1 fully saturated rings. The zero-order valence-corrected chi connectivity index (χ0v) is 12.6. The molecule has 0 unspecified atom stereocenters. The highest BCUT2D eigenvalue weighted by molar-refractivity contribution is 6.30. The number of rotatable bonds is 2. The summed E-state index contributed by atoms with van der Waals surface area (Å²) >= 11 is 5.89. The molecular weight excluding hydrogens is 276 g/mol. The minimum absolute atomic E-state index is 0.0193. The highest BCUT2D eigenvalue weighted by Gasteiger charge is 2.45. The van der Waals surface area contributed by atoms with E-state index in [-0.39, 0.29) is 23.1 Å². The summed E-state index contributed by atoms with van der Waals surface area (Å²) in [4.78, 5) is 24.3. The van der Waals surface area contributed by atoms with Crippen LogP contribution in [0.4, 0.5) is 5.69 Å². The lowest BCUT2D eigenvalue weighted by Gasteiger charge is -2.29. The molecule has 1 aromatic carbocycles. The van der Waals surface area contributed by atoms with Crippen molar-refractivity contribution in [1.82, 2.24) is 5.32 Å². The molecule has 2 amide bonds. The maximum Gasteiger partial charge on any atom is 0.237 e. The molecule has 108 valence electrons. The zero-order chi connectivity index (χ0) is 14.9. The number of benzene rings is 1. The van der Waals surface area contributed by atoms with Crippen molar-refractivity contribution in [3.63, 3.8) is 0 Å². The van der Waals surface area contributed by atoms with Crippen molar-refractivity contribution in [3.05, 3.63) is 29.3 Å². The smallest absolute Gasteiger partial charge is 0.237 e. The van der Waals surface area contributed by atoms with Gasteiger partial charge in [0, 0.05) is 23.2 Å². The molecule has 20 heavy (non-hydrogen) atoms. The fraction of sp³-hybridized carbons (Fsp3) is 0.467. The van der Waals surface area contributed by atoms with Crippen LogP contribution >= 0.6 is 11.6 Å². The molecule has 1 aliphatic rings. The van der Waals surface area contributed by atoms with Crippen molar-refractivity contribution in [2.45, 2.75) is 20.8 Å². The van der Waals surface area contributed by atoms with Gasteiger partial charge < -0.3 is 10.6 Å². The van der Waals surface area contributed by atoms with Crippen molar-refractivity contribution in [3.8, 4) is 0 Å². The summed E-state index contributed by atoms with van der Waals surface area (Å²) in [5.74, 6) is -1.16. The second kappa shape index (κ2) is 5.44. The Morgan fingerprint density at radius 3 is 2.70 bits per heavy atom. The molecule has 2 rings (SSSR count). The lowest BCUT2D eigenvalue weighted by molar-refractivity contribution is -0.132. The third kappa shape index (κ3) is 3.12. The molecule has 0 aliphatic carbocycles. The van der Waals surface area contributed by atoms with Gasteiger partial charge in [-0.3, -0.25) is 9.59 Å². The van der Waals surface area contributed by atoms with E-state index < -0.39 is 5.92 Å². The van der Waals surface area contributed by atoms with Gasteiger partial charge in [0.2, 0.25) is 11.8 Å². The molecule has 1 aromatic rings. The van der Waals surface area contributed by atoms with Gasteiger partial charge in [-0.25, -0.2) is 0 Å². The van der Waals surface area contributed by atoms with Gasteiger partial charge in [0.15, 0.2) is 0 Å². The molecule has 1 saturated heterocycles. The van der Waals surface area contributed by atoms with Crippen molar-refractivity contribution in [1.29, 1.82) is 0 Å². The Balaban J connectivity index is 2.17. The van der Waals surface area contributed by atoms with Crippen LogP contribution in [0.5, 0.6) is 0 Å². The highest BCUT2D eigenvalue weighted by atomic mass is 35.5. The number of anilines is 1. The van der Waals surface area contributed by atoms with Crippen LogP contribution in [0.15, 0.2) is 24.3 Å². The summed E-state index contributed by atoms with van der Waals surface area (Å²) in [6.45, 7) is 6.66. The van der Waals surface area contributed by atoms with Gasteiger partial charge in [-0.05, 0) is 23.6 Å². The summed E-state index contributed by atoms with van der Waals surface area (Å²) in [5.41, 5.74) is 0.491. The van der Waals surface area contributed by atoms with Crippen LogP contribution in [0.2, 0.25) is 5.02 Å². The van der Waals surface area contributed by atoms with Crippen LogP contribution < -0.4 is 10.6 Å². The predicted molar refractivity (Wildman–Crippen MR) is 79.5 cm³/mol. The highest BCUT2D eigenvalue weighted by Crippen LogP contribution is 2.35. The normalized spacial score (nSPS) is 22.5. The van der Waals surface area contributed by atoms with E-state index in [1.165, 1.54) is 0 Å². The lowest BCUT2D eigenvalue weighted by Crippen LogP contribution is -2.37. The number of halogens is 1. The van der Waals surface area contributed by atoms with Crippen LogP contribution in [0.3, 0.4) is 0 Å². The van der Waals surface area contributed by atoms with Gasteiger partial charge in [-0.15, -0.1) is 0 Å². The third-order valence-electron chi connectivity index (χ3n) is 3.67. The molecule has 2 N–H and O–H groups in total. The number of hydrogen-bond donors (Lipinski definition) is 2. The summed E-state index contributed by atoms with van der Waals surface area (Å²) in [6.07, 6.45) is 0. The molecular formula is C15H19ClN2O2. The van der Waals surface area contributed by atoms with Crippen LogP contribution in [0.1, 0.15) is 20.8 Å². The molecule has 0 bridgehead atoms. The van der Waals surface area contributed by atoms with Gasteiger partial charge in [0.1, 0.15) is 5.92 Å². The molecule has 4 nitrogen and oxygen atoms in total. The average Bonchev–Trinajstić information content (AvgIpc) is 2.71. The topological polar surface area (TPSA) is 58.2 Å². The number of amides is 2. The van der Waals surface area contributed by atoms with E-state index in [4.69, 9.17) is 11.6 Å². The summed E-state index contributed by atoms with van der Waals surface area (Å²) in [7, 11) is 0. The van der Waals surface area contributed by atoms with Crippen LogP contribution in [0.25, 0.3) is 0 Å². The monoisotopic (exact) mass is 294 g/mol. The van der Waals surface area contributed by atoms with Crippen LogP contribution in [-0.2, 0) is 9.59 Å². The molecule has 5 heteroatoms. The van der Waals surface area contributed by atoms with Crippen LogP contribution in [-0.4, -0.2) is 18.4 Å². The molecule has 1 aliphatic heterocycles. The first-order chi connectivity index (χ1) is 9.29. The first-order valence-electron chi connectivity index (χ1n) is 6.63. The summed E-state index contributed by atoms with van der Waals surface area (Å²) < 4.78 is 0. The first kappa shape index (κ1) is 14.9. The SMILES string of the molecule is CC(C)(C)[C@@H]1CNC(=O)[C@@H]1C(=O)Nc1cccc(Cl)c1. The summed E-state index contributed by atoms with van der Waals surface area (Å²) in [6, 6.07) is 6.91. The van der Waals surface area contributed by atoms with Gasteiger partial charge in [0.05, 0.1) is 0 Å². The standard InChI is InChI=1S/C15H19ClN2O2/c1-15(2,3)11-8-17-13(19)12(11)14(20)18-10-6-4-5-9(16)7-10/h4-7,11-12H,8H2,1-3H3,(H,17,19)(H,18,20)/t11-,12-/m1/s1. The Morgan fingerprint density at radius 1 is 1.40 bits per heavy atom. The summed E-state index contributed by atoms with van der Waals surface area (Å²) in [5, 5.41) is 6.10. The van der Waals surface area contributed by atoms with Crippen molar-refractivity contribution >= 4 is 29.1 Å². The quantitative estimate of drug-likeness (QED) is 0.824. The number of nitrogens with one attached hydrogen (secondary N) is 2. The van der Waals surface area contributed by atoms with E-state index in [2.05, 4.69) is 10.6 Å². The maximum atomic E-state index is 12.4. The van der Waals surface area contributed by atoms with E-state index in [1.807, 2.05) is 20.8 Å². The second-order valence-electron chi connectivity index (χ2n) is 6.19. The fourth-order valence-corrected chi connectivity index (χ4v) is 2.71. The Labute approximate surface area is 123 Å². The second-order valence-corrected chi connectivity index (χ2v) is 6.63. The molecule has 0 radical (unpaired) electrons. The van der Waals surface area contributed by atoms with E-state index in [0.717, 1.165) is 0 Å². The predicted octanol–water partition coefficient (Wildman–Crippen LogP) is 2.69. The van der Waals surface area contributed by atoms with Gasteiger partial charge in [-0.2, -0.15) is 0 Å². The Morgan fingerprint density at radius 2 is 2.10 bits per heavy atom. The van der Waals surface area contributed by atoms with Gasteiger partial charge in [0.25, 0.3) is 0 Å². The van der Waals surface area contributed by atoms with Crippen molar-refractivity contribution in [2.75, 3.05) is 11.9 Å². The zero-order valence-electron chi connectivity index (χ0n) is 11.9. The molecule has 0 spiro atoms. The largest absolute Gasteiger partial charge is 0.355 e.